The van der Waals surface area contributed by atoms with E-state index in [4.69, 9.17) is 23.2 Å². The molecular formula is C22H18Cl2N4O. The van der Waals surface area contributed by atoms with Gasteiger partial charge in [-0.1, -0.05) is 65.7 Å². The number of hydrogen-bond acceptors (Lipinski definition) is 3. The van der Waals surface area contributed by atoms with Gasteiger partial charge in [-0.3, -0.25) is 4.79 Å². The van der Waals surface area contributed by atoms with Crippen LogP contribution in [0.2, 0.25) is 10.2 Å². The predicted octanol–water partition coefficient (Wildman–Crippen LogP) is 4.77. The average molecular weight is 425 g/mol. The third-order valence-corrected chi connectivity index (χ3v) is 4.96. The van der Waals surface area contributed by atoms with Crippen LogP contribution in [0.5, 0.6) is 0 Å². The summed E-state index contributed by atoms with van der Waals surface area (Å²) < 4.78 is 1.63. The van der Waals surface area contributed by atoms with Crippen molar-refractivity contribution in [2.24, 2.45) is 0 Å². The Balaban J connectivity index is 1.78. The third-order valence-electron chi connectivity index (χ3n) is 4.30. The van der Waals surface area contributed by atoms with Crippen LogP contribution in [0.15, 0.2) is 60.2 Å². The van der Waals surface area contributed by atoms with Crippen LogP contribution in [0, 0.1) is 18.3 Å². The van der Waals surface area contributed by atoms with Crippen molar-refractivity contribution in [2.45, 2.75) is 20.0 Å². The molecule has 0 unspecified atom stereocenters. The van der Waals surface area contributed by atoms with Crippen molar-refractivity contribution in [3.8, 4) is 6.07 Å². The van der Waals surface area contributed by atoms with Crippen LogP contribution in [0.3, 0.4) is 0 Å². The van der Waals surface area contributed by atoms with Crippen molar-refractivity contribution in [3.63, 3.8) is 0 Å². The third kappa shape index (κ3) is 5.26. The lowest BCUT2D eigenvalue weighted by atomic mass is 10.1. The number of halogens is 2. The second-order valence-electron chi connectivity index (χ2n) is 6.41. The Labute approximate surface area is 179 Å². The molecule has 1 heterocycles. The van der Waals surface area contributed by atoms with Crippen molar-refractivity contribution >= 4 is 35.2 Å². The van der Waals surface area contributed by atoms with E-state index < -0.39 is 5.91 Å². The fraction of sp³-hybridized carbons (Fsp3) is 0.136. The predicted molar refractivity (Wildman–Crippen MR) is 114 cm³/mol. The van der Waals surface area contributed by atoms with Gasteiger partial charge in [-0.2, -0.15) is 10.4 Å². The molecule has 0 saturated carbocycles. The lowest BCUT2D eigenvalue weighted by molar-refractivity contribution is -0.117. The summed E-state index contributed by atoms with van der Waals surface area (Å²) in [5.41, 5.74) is 3.08. The van der Waals surface area contributed by atoms with Gasteiger partial charge in [0, 0.05) is 17.1 Å². The average Bonchev–Trinajstić information content (AvgIpc) is 2.99. The summed E-state index contributed by atoms with van der Waals surface area (Å²) in [5, 5.41) is 17.6. The SMILES string of the molecule is Cc1nn(Cc2ccc(Cl)cc2)c(Cl)c1/C=C(\C#N)C(=O)NCc1ccccc1. The Morgan fingerprint density at radius 1 is 1.14 bits per heavy atom. The Morgan fingerprint density at radius 2 is 1.83 bits per heavy atom. The van der Waals surface area contributed by atoms with Crippen LogP contribution < -0.4 is 5.32 Å². The molecule has 0 bridgehead atoms. The first kappa shape index (κ1) is 20.7. The second kappa shape index (κ2) is 9.42. The zero-order valence-corrected chi connectivity index (χ0v) is 17.2. The molecule has 0 aliphatic heterocycles. The highest BCUT2D eigenvalue weighted by atomic mass is 35.5. The molecule has 0 fully saturated rings. The van der Waals surface area contributed by atoms with Gasteiger partial charge in [-0.25, -0.2) is 4.68 Å². The Kier molecular flexibility index (Phi) is 6.71. The van der Waals surface area contributed by atoms with Gasteiger partial charge in [0.25, 0.3) is 5.91 Å². The van der Waals surface area contributed by atoms with E-state index in [1.54, 1.807) is 23.7 Å². The molecule has 0 aliphatic carbocycles. The fourth-order valence-corrected chi connectivity index (χ4v) is 3.18. The summed E-state index contributed by atoms with van der Waals surface area (Å²) >= 11 is 12.4. The van der Waals surface area contributed by atoms with E-state index in [2.05, 4.69) is 10.4 Å². The van der Waals surface area contributed by atoms with Crippen molar-refractivity contribution in [3.05, 3.63) is 92.7 Å². The van der Waals surface area contributed by atoms with Gasteiger partial charge < -0.3 is 5.32 Å². The maximum Gasteiger partial charge on any atom is 0.262 e. The minimum Gasteiger partial charge on any atom is -0.347 e. The number of carbonyl (C=O) groups excluding carboxylic acids is 1. The van der Waals surface area contributed by atoms with E-state index >= 15 is 0 Å². The highest BCUT2D eigenvalue weighted by molar-refractivity contribution is 6.31. The molecule has 29 heavy (non-hydrogen) atoms. The topological polar surface area (TPSA) is 70.7 Å². The molecule has 0 atom stereocenters. The number of nitriles is 1. The monoisotopic (exact) mass is 424 g/mol. The summed E-state index contributed by atoms with van der Waals surface area (Å²) in [6, 6.07) is 18.8. The van der Waals surface area contributed by atoms with Gasteiger partial charge in [0.2, 0.25) is 0 Å². The summed E-state index contributed by atoms with van der Waals surface area (Å²) in [5.74, 6) is -0.461. The molecule has 0 saturated heterocycles. The van der Waals surface area contributed by atoms with Gasteiger partial charge in [0.1, 0.15) is 16.8 Å². The van der Waals surface area contributed by atoms with Crippen molar-refractivity contribution in [1.29, 1.82) is 5.26 Å². The largest absolute Gasteiger partial charge is 0.347 e. The van der Waals surface area contributed by atoms with Gasteiger partial charge in [-0.05, 0) is 36.3 Å². The molecule has 1 amide bonds. The number of carbonyl (C=O) groups is 1. The first-order chi connectivity index (χ1) is 14.0. The van der Waals surface area contributed by atoms with E-state index in [1.165, 1.54) is 6.08 Å². The van der Waals surface area contributed by atoms with E-state index in [9.17, 15) is 10.1 Å². The lowest BCUT2D eigenvalue weighted by Crippen LogP contribution is -2.23. The smallest absolute Gasteiger partial charge is 0.262 e. The van der Waals surface area contributed by atoms with Crippen molar-refractivity contribution in [1.82, 2.24) is 15.1 Å². The molecule has 1 aromatic heterocycles. The Hall–Kier alpha value is -3.07. The Morgan fingerprint density at radius 3 is 2.48 bits per heavy atom. The normalized spacial score (nSPS) is 11.2. The van der Waals surface area contributed by atoms with Gasteiger partial charge in [0.05, 0.1) is 12.2 Å². The zero-order valence-electron chi connectivity index (χ0n) is 15.7. The van der Waals surface area contributed by atoms with Crippen LogP contribution in [0.4, 0.5) is 0 Å². The van der Waals surface area contributed by atoms with Gasteiger partial charge in [-0.15, -0.1) is 0 Å². The minimum atomic E-state index is -0.461. The molecule has 7 heteroatoms. The van der Waals surface area contributed by atoms with Crippen molar-refractivity contribution < 1.29 is 4.79 Å². The van der Waals surface area contributed by atoms with Crippen LogP contribution in [0.25, 0.3) is 6.08 Å². The standard InChI is InChI=1S/C22H18Cl2N4O/c1-15-20(21(24)28(27-15)14-17-7-9-19(23)10-8-17)11-18(12-25)22(29)26-13-16-5-3-2-4-6-16/h2-11H,13-14H2,1H3,(H,26,29)/b18-11+. The first-order valence-electron chi connectivity index (χ1n) is 8.89. The molecule has 5 nitrogen and oxygen atoms in total. The quantitative estimate of drug-likeness (QED) is 0.457. The Bertz CT molecular complexity index is 1080. The van der Waals surface area contributed by atoms with Crippen LogP contribution in [0.1, 0.15) is 22.4 Å². The van der Waals surface area contributed by atoms with E-state index in [0.717, 1.165) is 11.1 Å². The van der Waals surface area contributed by atoms with Crippen LogP contribution in [-0.4, -0.2) is 15.7 Å². The lowest BCUT2D eigenvalue weighted by Gasteiger charge is -2.05. The summed E-state index contributed by atoms with van der Waals surface area (Å²) in [6.07, 6.45) is 1.48. The highest BCUT2D eigenvalue weighted by Gasteiger charge is 2.16. The summed E-state index contributed by atoms with van der Waals surface area (Å²) in [6.45, 7) is 2.57. The number of nitrogens with one attached hydrogen (secondary N) is 1. The van der Waals surface area contributed by atoms with E-state index in [-0.39, 0.29) is 5.57 Å². The first-order valence-corrected chi connectivity index (χ1v) is 9.65. The molecule has 0 radical (unpaired) electrons. The number of rotatable bonds is 6. The van der Waals surface area contributed by atoms with Crippen LogP contribution >= 0.6 is 23.2 Å². The molecule has 1 N–H and O–H groups in total. The van der Waals surface area contributed by atoms with Gasteiger partial charge >= 0.3 is 0 Å². The van der Waals surface area contributed by atoms with Crippen molar-refractivity contribution in [2.75, 3.05) is 0 Å². The molecule has 146 valence electrons. The number of aryl methyl sites for hydroxylation is 1. The number of nitrogens with zero attached hydrogens (tertiary/aromatic N) is 3. The summed E-state index contributed by atoms with van der Waals surface area (Å²) in [4.78, 5) is 12.4. The minimum absolute atomic E-state index is 0.0306. The molecule has 3 rings (SSSR count). The molecule has 2 aromatic carbocycles. The van der Waals surface area contributed by atoms with E-state index in [1.807, 2.05) is 48.5 Å². The molecule has 0 aliphatic rings. The maximum atomic E-state index is 12.4. The maximum absolute atomic E-state index is 12.4. The van der Waals surface area contributed by atoms with Gasteiger partial charge in [0.15, 0.2) is 0 Å². The number of hydrogen-bond donors (Lipinski definition) is 1. The molecular weight excluding hydrogens is 407 g/mol. The number of aromatic nitrogens is 2. The summed E-state index contributed by atoms with van der Waals surface area (Å²) in [7, 11) is 0. The molecule has 0 spiro atoms. The number of benzene rings is 2. The number of amides is 1. The fourth-order valence-electron chi connectivity index (χ4n) is 2.77. The van der Waals surface area contributed by atoms with Crippen LogP contribution in [-0.2, 0) is 17.9 Å². The zero-order chi connectivity index (χ0) is 20.8. The highest BCUT2D eigenvalue weighted by Crippen LogP contribution is 2.24. The molecule has 3 aromatic rings. The second-order valence-corrected chi connectivity index (χ2v) is 7.21. The van der Waals surface area contributed by atoms with E-state index in [0.29, 0.717) is 34.5 Å².